The lowest BCUT2D eigenvalue weighted by Crippen LogP contribution is -2.55. The number of rotatable bonds is 5. The van der Waals surface area contributed by atoms with Crippen molar-refractivity contribution < 1.29 is 19.5 Å². The van der Waals surface area contributed by atoms with Gasteiger partial charge < -0.3 is 15.7 Å². The van der Waals surface area contributed by atoms with E-state index in [-0.39, 0.29) is 6.54 Å². The van der Waals surface area contributed by atoms with Crippen LogP contribution in [0, 0.1) is 5.92 Å². The molecule has 17 heavy (non-hydrogen) atoms. The van der Waals surface area contributed by atoms with Crippen molar-refractivity contribution in [3.05, 3.63) is 0 Å². The van der Waals surface area contributed by atoms with E-state index in [1.165, 1.54) is 0 Å². The molecule has 7 heteroatoms. The van der Waals surface area contributed by atoms with Gasteiger partial charge in [-0.25, -0.2) is 9.59 Å². The molecule has 0 aliphatic carbocycles. The summed E-state index contributed by atoms with van der Waals surface area (Å²) in [5.41, 5.74) is -1.15. The number of carbonyl (C=O) groups excluding carboxylic acids is 2. The van der Waals surface area contributed by atoms with Crippen molar-refractivity contribution in [3.63, 3.8) is 0 Å². The molecule has 1 saturated heterocycles. The topological polar surface area (TPSA) is 108 Å². The van der Waals surface area contributed by atoms with Crippen molar-refractivity contribution in [2.75, 3.05) is 6.54 Å². The average molecular weight is 243 g/mol. The fraction of sp³-hybridized carbons (Fsp3) is 0.700. The summed E-state index contributed by atoms with van der Waals surface area (Å²) in [7, 11) is 0. The Morgan fingerprint density at radius 1 is 1.47 bits per heavy atom. The predicted molar refractivity (Wildman–Crippen MR) is 59.5 cm³/mol. The van der Waals surface area contributed by atoms with E-state index in [1.807, 2.05) is 13.8 Å². The summed E-state index contributed by atoms with van der Waals surface area (Å²) in [4.78, 5) is 33.3. The number of nitrogens with one attached hydrogen (secondary N) is 3. The maximum atomic E-state index is 11.7. The first-order chi connectivity index (χ1) is 7.85. The molecule has 1 atom stereocenters. The van der Waals surface area contributed by atoms with Gasteiger partial charge in [-0.15, -0.1) is 0 Å². The predicted octanol–water partition coefficient (Wildman–Crippen LogP) is 0.268. The van der Waals surface area contributed by atoms with Crippen molar-refractivity contribution in [3.8, 4) is 0 Å². The van der Waals surface area contributed by atoms with Gasteiger partial charge in [-0.2, -0.15) is 0 Å². The molecule has 1 rings (SSSR count). The second-order valence-corrected chi connectivity index (χ2v) is 4.58. The van der Waals surface area contributed by atoms with Crippen LogP contribution in [0.1, 0.15) is 26.7 Å². The molecule has 7 nitrogen and oxygen atoms in total. The Hall–Kier alpha value is -1.79. The zero-order valence-electron chi connectivity index (χ0n) is 9.87. The summed E-state index contributed by atoms with van der Waals surface area (Å²) < 4.78 is 0. The highest BCUT2D eigenvalue weighted by atomic mass is 16.4. The summed E-state index contributed by atoms with van der Waals surface area (Å²) >= 11 is 0. The summed E-state index contributed by atoms with van der Waals surface area (Å²) in [6.45, 7) is 3.87. The van der Waals surface area contributed by atoms with Gasteiger partial charge in [0.15, 0.2) is 0 Å². The van der Waals surface area contributed by atoms with Crippen LogP contribution in [0.2, 0.25) is 0 Å². The zero-order chi connectivity index (χ0) is 13.1. The molecule has 0 aromatic heterocycles. The summed E-state index contributed by atoms with van der Waals surface area (Å²) in [6, 6.07) is -0.578. The smallest absolute Gasteiger partial charge is 0.404 e. The number of hydrogen-bond donors (Lipinski definition) is 4. The second kappa shape index (κ2) is 5.03. The zero-order valence-corrected chi connectivity index (χ0v) is 9.87. The molecule has 1 heterocycles. The SMILES string of the molecule is CC(C)CCC1(CNC(=O)O)NC(=O)NC1=O. The van der Waals surface area contributed by atoms with Crippen molar-refractivity contribution >= 4 is 18.0 Å². The Kier molecular flexibility index (Phi) is 3.93. The third kappa shape index (κ3) is 3.33. The highest BCUT2D eigenvalue weighted by Crippen LogP contribution is 2.20. The first kappa shape index (κ1) is 13.3. The molecule has 1 aliphatic heterocycles. The Bertz CT molecular complexity index is 342. The van der Waals surface area contributed by atoms with Gasteiger partial charge in [0.1, 0.15) is 5.54 Å². The molecule has 0 aromatic rings. The van der Waals surface area contributed by atoms with Crippen molar-refractivity contribution in [1.82, 2.24) is 16.0 Å². The van der Waals surface area contributed by atoms with E-state index in [1.54, 1.807) is 0 Å². The van der Waals surface area contributed by atoms with Gasteiger partial charge in [-0.3, -0.25) is 10.1 Å². The van der Waals surface area contributed by atoms with Crippen LogP contribution in [0.3, 0.4) is 0 Å². The van der Waals surface area contributed by atoms with Gasteiger partial charge >= 0.3 is 12.1 Å². The van der Waals surface area contributed by atoms with E-state index in [4.69, 9.17) is 5.11 Å². The minimum absolute atomic E-state index is 0.118. The van der Waals surface area contributed by atoms with Gasteiger partial charge in [0.05, 0.1) is 6.54 Å². The number of amides is 4. The molecule has 96 valence electrons. The normalized spacial score (nSPS) is 23.5. The Balaban J connectivity index is 2.73. The summed E-state index contributed by atoms with van der Waals surface area (Å²) in [5, 5.41) is 15.3. The fourth-order valence-corrected chi connectivity index (χ4v) is 1.68. The van der Waals surface area contributed by atoms with E-state index < -0.39 is 23.6 Å². The van der Waals surface area contributed by atoms with E-state index >= 15 is 0 Å². The largest absolute Gasteiger partial charge is 0.465 e. The van der Waals surface area contributed by atoms with Crippen LogP contribution in [0.25, 0.3) is 0 Å². The third-order valence-corrected chi connectivity index (χ3v) is 2.70. The second-order valence-electron chi connectivity index (χ2n) is 4.58. The lowest BCUT2D eigenvalue weighted by atomic mass is 9.90. The third-order valence-electron chi connectivity index (χ3n) is 2.70. The fourth-order valence-electron chi connectivity index (χ4n) is 1.68. The molecule has 4 amide bonds. The van der Waals surface area contributed by atoms with E-state index in [0.717, 1.165) is 6.42 Å². The number of urea groups is 1. The van der Waals surface area contributed by atoms with Crippen LogP contribution < -0.4 is 16.0 Å². The van der Waals surface area contributed by atoms with Crippen LogP contribution in [0.15, 0.2) is 0 Å². The summed E-state index contributed by atoms with van der Waals surface area (Å²) in [5.74, 6) is -0.112. The van der Waals surface area contributed by atoms with Crippen molar-refractivity contribution in [2.24, 2.45) is 5.92 Å². The Labute approximate surface area is 98.9 Å². The molecule has 4 N–H and O–H groups in total. The van der Waals surface area contributed by atoms with Crippen LogP contribution in [-0.2, 0) is 4.79 Å². The van der Waals surface area contributed by atoms with Crippen LogP contribution in [-0.4, -0.2) is 35.2 Å². The molecule has 0 aromatic carbocycles. The molecule has 0 bridgehead atoms. The lowest BCUT2D eigenvalue weighted by molar-refractivity contribution is -0.124. The first-order valence-corrected chi connectivity index (χ1v) is 5.46. The van der Waals surface area contributed by atoms with Gasteiger partial charge in [0.25, 0.3) is 5.91 Å². The highest BCUT2D eigenvalue weighted by molar-refractivity contribution is 6.07. The first-order valence-electron chi connectivity index (χ1n) is 5.46. The Morgan fingerprint density at radius 2 is 2.12 bits per heavy atom. The monoisotopic (exact) mass is 243 g/mol. The molecule has 1 aliphatic rings. The molecular weight excluding hydrogens is 226 g/mol. The summed E-state index contributed by atoms with van der Waals surface area (Å²) in [6.07, 6.45) is -0.0970. The van der Waals surface area contributed by atoms with Crippen molar-refractivity contribution in [1.29, 1.82) is 0 Å². The maximum absolute atomic E-state index is 11.7. The van der Waals surface area contributed by atoms with Crippen LogP contribution in [0.5, 0.6) is 0 Å². The average Bonchev–Trinajstić information content (AvgIpc) is 2.48. The minimum Gasteiger partial charge on any atom is -0.465 e. The van der Waals surface area contributed by atoms with Gasteiger partial charge in [-0.1, -0.05) is 13.8 Å². The standard InChI is InChI=1S/C10H17N3O4/c1-6(2)3-4-10(5-11-9(16)17)7(14)12-8(15)13-10/h6,11H,3-5H2,1-2H3,(H,16,17)(H2,12,13,14,15). The quantitative estimate of drug-likeness (QED) is 0.520. The molecule has 0 saturated carbocycles. The number of carbonyl (C=O) groups is 3. The highest BCUT2D eigenvalue weighted by Gasteiger charge is 2.45. The van der Waals surface area contributed by atoms with E-state index in [0.29, 0.717) is 12.3 Å². The number of imide groups is 1. The van der Waals surface area contributed by atoms with E-state index in [2.05, 4.69) is 16.0 Å². The van der Waals surface area contributed by atoms with Gasteiger partial charge in [0.2, 0.25) is 0 Å². The van der Waals surface area contributed by atoms with Gasteiger partial charge in [-0.05, 0) is 18.8 Å². The van der Waals surface area contributed by atoms with Crippen molar-refractivity contribution in [2.45, 2.75) is 32.2 Å². The molecular formula is C10H17N3O4. The van der Waals surface area contributed by atoms with E-state index in [9.17, 15) is 14.4 Å². The maximum Gasteiger partial charge on any atom is 0.404 e. The van der Waals surface area contributed by atoms with Crippen LogP contribution >= 0.6 is 0 Å². The number of carboxylic acid groups (broad SMARTS) is 1. The molecule has 0 radical (unpaired) electrons. The van der Waals surface area contributed by atoms with Gasteiger partial charge in [0, 0.05) is 0 Å². The molecule has 1 unspecified atom stereocenters. The lowest BCUT2D eigenvalue weighted by Gasteiger charge is -2.26. The van der Waals surface area contributed by atoms with Crippen LogP contribution in [0.4, 0.5) is 9.59 Å². The molecule has 0 spiro atoms. The molecule has 1 fully saturated rings. The number of hydrogen-bond acceptors (Lipinski definition) is 3. The minimum atomic E-state index is -1.22. The Morgan fingerprint density at radius 3 is 2.53 bits per heavy atom.